The summed E-state index contributed by atoms with van der Waals surface area (Å²) in [4.78, 5) is 43.2. The van der Waals surface area contributed by atoms with Gasteiger partial charge >= 0.3 is 5.97 Å². The van der Waals surface area contributed by atoms with Crippen molar-refractivity contribution in [2.24, 2.45) is 5.92 Å². The van der Waals surface area contributed by atoms with Crippen LogP contribution in [0.5, 0.6) is 0 Å². The molecule has 9 heteroatoms. The molecule has 2 aliphatic rings. The van der Waals surface area contributed by atoms with Crippen LogP contribution in [0.4, 0.5) is 0 Å². The number of carbonyl (C=O) groups excluding carboxylic acids is 3. The third-order valence-electron chi connectivity index (χ3n) is 7.85. The van der Waals surface area contributed by atoms with Crippen LogP contribution in [0, 0.1) is 5.92 Å². The second-order valence-electron chi connectivity index (χ2n) is 10.6. The van der Waals surface area contributed by atoms with E-state index < -0.39 is 12.0 Å². The highest BCUT2D eigenvalue weighted by Crippen LogP contribution is 2.25. The molecule has 8 nitrogen and oxygen atoms in total. The van der Waals surface area contributed by atoms with Crippen molar-refractivity contribution in [2.75, 3.05) is 51.8 Å². The van der Waals surface area contributed by atoms with Crippen molar-refractivity contribution in [2.45, 2.75) is 50.7 Å². The Labute approximate surface area is 236 Å². The van der Waals surface area contributed by atoms with Crippen molar-refractivity contribution < 1.29 is 19.1 Å². The molecule has 2 saturated heterocycles. The van der Waals surface area contributed by atoms with Gasteiger partial charge in [-0.1, -0.05) is 42.5 Å². The SMILES string of the molecule is COC(=O)C(CCSC)NC(=O)CN(Cc1cccc2ccccc12)C[C@@H]1CCCN1C(=O)C1CCCNC1. The minimum Gasteiger partial charge on any atom is -0.467 e. The second kappa shape index (κ2) is 14.7. The van der Waals surface area contributed by atoms with E-state index in [0.29, 0.717) is 19.5 Å². The number of likely N-dealkylation sites (tertiary alicyclic amines) is 1. The van der Waals surface area contributed by atoms with Gasteiger partial charge in [0.1, 0.15) is 6.04 Å². The van der Waals surface area contributed by atoms with E-state index in [0.717, 1.165) is 67.4 Å². The summed E-state index contributed by atoms with van der Waals surface area (Å²) < 4.78 is 4.94. The lowest BCUT2D eigenvalue weighted by molar-refractivity contribution is -0.145. The fraction of sp³-hybridized carbons (Fsp3) is 0.567. The lowest BCUT2D eigenvalue weighted by Crippen LogP contribution is -2.50. The van der Waals surface area contributed by atoms with E-state index in [2.05, 4.69) is 44.7 Å². The van der Waals surface area contributed by atoms with E-state index >= 15 is 0 Å². The first-order valence-corrected chi connectivity index (χ1v) is 15.5. The van der Waals surface area contributed by atoms with Gasteiger partial charge in [-0.25, -0.2) is 4.79 Å². The summed E-state index contributed by atoms with van der Waals surface area (Å²) in [6.07, 6.45) is 6.35. The first-order chi connectivity index (χ1) is 19.0. The Kier molecular flexibility index (Phi) is 11.1. The summed E-state index contributed by atoms with van der Waals surface area (Å²) in [7, 11) is 1.35. The third-order valence-corrected chi connectivity index (χ3v) is 8.49. The normalized spacial score (nSPS) is 20.2. The maximum absolute atomic E-state index is 13.4. The lowest BCUT2D eigenvalue weighted by Gasteiger charge is -2.34. The number of nitrogens with zero attached hydrogens (tertiary/aromatic N) is 2. The molecule has 0 aliphatic carbocycles. The molecule has 0 aromatic heterocycles. The van der Waals surface area contributed by atoms with Crippen molar-refractivity contribution in [1.29, 1.82) is 0 Å². The molecule has 2 amide bonds. The van der Waals surface area contributed by atoms with Crippen molar-refractivity contribution in [3.8, 4) is 0 Å². The minimum absolute atomic E-state index is 0.0337. The number of ether oxygens (including phenoxy) is 1. The average molecular weight is 555 g/mol. The summed E-state index contributed by atoms with van der Waals surface area (Å²) in [5, 5.41) is 8.59. The summed E-state index contributed by atoms with van der Waals surface area (Å²) >= 11 is 1.63. The van der Waals surface area contributed by atoms with Gasteiger partial charge in [0, 0.05) is 32.2 Å². The van der Waals surface area contributed by atoms with Crippen molar-refractivity contribution in [3.05, 3.63) is 48.0 Å². The van der Waals surface area contributed by atoms with Gasteiger partial charge in [-0.3, -0.25) is 14.5 Å². The number of piperidine rings is 1. The number of thioether (sulfide) groups is 1. The summed E-state index contributed by atoms with van der Waals surface area (Å²) in [6.45, 7) is 3.81. The third kappa shape index (κ3) is 7.96. The molecule has 212 valence electrons. The van der Waals surface area contributed by atoms with Gasteiger partial charge in [-0.2, -0.15) is 11.8 Å². The molecule has 39 heavy (non-hydrogen) atoms. The van der Waals surface area contributed by atoms with E-state index in [1.54, 1.807) is 11.8 Å². The number of carbonyl (C=O) groups is 3. The van der Waals surface area contributed by atoms with Gasteiger partial charge in [0.05, 0.1) is 19.6 Å². The molecule has 0 bridgehead atoms. The number of esters is 1. The lowest BCUT2D eigenvalue weighted by atomic mass is 9.97. The van der Waals surface area contributed by atoms with Gasteiger partial charge in [0.15, 0.2) is 0 Å². The summed E-state index contributed by atoms with van der Waals surface area (Å²) in [6, 6.07) is 13.9. The van der Waals surface area contributed by atoms with Crippen LogP contribution in [-0.2, 0) is 25.7 Å². The Hall–Kier alpha value is -2.62. The van der Waals surface area contributed by atoms with Crippen LogP contribution in [0.3, 0.4) is 0 Å². The zero-order valence-corrected chi connectivity index (χ0v) is 24.0. The molecule has 2 heterocycles. The van der Waals surface area contributed by atoms with Crippen molar-refractivity contribution in [1.82, 2.24) is 20.4 Å². The Balaban J connectivity index is 1.51. The monoisotopic (exact) mass is 554 g/mol. The Bertz CT molecular complexity index is 1120. The molecule has 2 N–H and O–H groups in total. The molecule has 2 aliphatic heterocycles. The molecule has 4 rings (SSSR count). The van der Waals surface area contributed by atoms with Crippen molar-refractivity contribution >= 4 is 40.3 Å². The molecule has 3 atom stereocenters. The largest absolute Gasteiger partial charge is 0.467 e. The second-order valence-corrected chi connectivity index (χ2v) is 11.6. The standard InChI is InChI=1S/C30H42N4O4S/c1-38-30(37)27(14-17-39-2)32-28(35)21-33(19-24-10-5-9-22-8-3-4-13-26(22)24)20-25-12-7-16-34(25)29(36)23-11-6-15-31-18-23/h3-5,8-10,13,23,25,27,31H,6-7,11-12,14-21H2,1-2H3,(H,32,35)/t23?,25-,27?/m0/s1. The van der Waals surface area contributed by atoms with Gasteiger partial charge in [-0.05, 0) is 67.0 Å². The van der Waals surface area contributed by atoms with Crippen molar-refractivity contribution in [3.63, 3.8) is 0 Å². The van der Waals surface area contributed by atoms with Gasteiger partial charge < -0.3 is 20.3 Å². The van der Waals surface area contributed by atoms with Gasteiger partial charge in [-0.15, -0.1) is 0 Å². The first kappa shape index (κ1) is 29.4. The van der Waals surface area contributed by atoms with Crippen LogP contribution in [-0.4, -0.2) is 91.5 Å². The number of hydrogen-bond donors (Lipinski definition) is 2. The highest BCUT2D eigenvalue weighted by atomic mass is 32.2. The topological polar surface area (TPSA) is 91.0 Å². The molecule has 0 spiro atoms. The maximum Gasteiger partial charge on any atom is 0.328 e. The zero-order chi connectivity index (χ0) is 27.6. The number of rotatable bonds is 12. The van der Waals surface area contributed by atoms with Crippen LogP contribution in [0.1, 0.15) is 37.7 Å². The number of methoxy groups -OCH3 is 1. The highest BCUT2D eigenvalue weighted by molar-refractivity contribution is 7.98. The molecule has 2 fully saturated rings. The molecular formula is C30H42N4O4S. The van der Waals surface area contributed by atoms with Crippen LogP contribution in [0.25, 0.3) is 10.8 Å². The first-order valence-electron chi connectivity index (χ1n) is 14.1. The minimum atomic E-state index is -0.669. The number of nitrogens with one attached hydrogen (secondary N) is 2. The Morgan fingerprint density at radius 2 is 1.97 bits per heavy atom. The summed E-state index contributed by atoms with van der Waals surface area (Å²) in [5.74, 6) is 0.383. The highest BCUT2D eigenvalue weighted by Gasteiger charge is 2.35. The maximum atomic E-state index is 13.4. The molecule has 0 saturated carbocycles. The molecule has 2 unspecified atom stereocenters. The Morgan fingerprint density at radius 1 is 1.15 bits per heavy atom. The average Bonchev–Trinajstić information content (AvgIpc) is 3.43. The molecule has 2 aromatic rings. The molecular weight excluding hydrogens is 512 g/mol. The van der Waals surface area contributed by atoms with Crippen LogP contribution < -0.4 is 10.6 Å². The smallest absolute Gasteiger partial charge is 0.328 e. The quantitative estimate of drug-likeness (QED) is 0.390. The predicted octanol–water partition coefficient (Wildman–Crippen LogP) is 3.04. The van der Waals surface area contributed by atoms with Crippen LogP contribution in [0.15, 0.2) is 42.5 Å². The zero-order valence-electron chi connectivity index (χ0n) is 23.2. The number of benzene rings is 2. The van der Waals surface area contributed by atoms with Crippen LogP contribution in [0.2, 0.25) is 0 Å². The predicted molar refractivity (Wildman–Crippen MR) is 156 cm³/mol. The molecule has 2 aromatic carbocycles. The van der Waals surface area contributed by atoms with Gasteiger partial charge in [0.25, 0.3) is 0 Å². The van der Waals surface area contributed by atoms with E-state index in [1.807, 2.05) is 24.5 Å². The number of fused-ring (bicyclic) bond motifs is 1. The van der Waals surface area contributed by atoms with Gasteiger partial charge in [0.2, 0.25) is 11.8 Å². The Morgan fingerprint density at radius 3 is 2.74 bits per heavy atom. The van der Waals surface area contributed by atoms with E-state index in [-0.39, 0.29) is 30.3 Å². The molecule has 0 radical (unpaired) electrons. The number of amides is 2. The summed E-state index contributed by atoms with van der Waals surface area (Å²) in [5.41, 5.74) is 1.14. The van der Waals surface area contributed by atoms with E-state index in [9.17, 15) is 14.4 Å². The fourth-order valence-corrected chi connectivity index (χ4v) is 6.31. The number of hydrogen-bond acceptors (Lipinski definition) is 7. The van der Waals surface area contributed by atoms with E-state index in [1.165, 1.54) is 7.11 Å². The van der Waals surface area contributed by atoms with Crippen LogP contribution >= 0.6 is 11.8 Å². The fourth-order valence-electron chi connectivity index (χ4n) is 5.84. The van der Waals surface area contributed by atoms with E-state index in [4.69, 9.17) is 4.74 Å².